The molecule has 0 saturated carbocycles. The van der Waals surface area contributed by atoms with Crippen LogP contribution in [0.2, 0.25) is 0 Å². The third-order valence-corrected chi connectivity index (χ3v) is 3.12. The Hall–Kier alpha value is -1.86. The molecule has 0 spiro atoms. The zero-order valence-corrected chi connectivity index (χ0v) is 9.88. The number of rotatable bonds is 2. The highest BCUT2D eigenvalue weighted by molar-refractivity contribution is 5.67. The van der Waals surface area contributed by atoms with Crippen LogP contribution in [0.1, 0.15) is 18.3 Å². The van der Waals surface area contributed by atoms with Gasteiger partial charge in [-0.3, -0.25) is 4.79 Å². The van der Waals surface area contributed by atoms with Gasteiger partial charge in [-0.15, -0.1) is 0 Å². The van der Waals surface area contributed by atoms with Crippen molar-refractivity contribution < 1.29 is 4.74 Å². The van der Waals surface area contributed by atoms with Crippen LogP contribution in [0.15, 0.2) is 17.2 Å². The summed E-state index contributed by atoms with van der Waals surface area (Å²) < 4.78 is 5.27. The number of ether oxygens (including phenoxy) is 1. The van der Waals surface area contributed by atoms with E-state index < -0.39 is 0 Å². The lowest BCUT2D eigenvalue weighted by Gasteiger charge is -2.09. The minimum Gasteiger partial charge on any atom is -0.380 e. The van der Waals surface area contributed by atoms with Crippen LogP contribution in [-0.4, -0.2) is 39.7 Å². The third kappa shape index (κ3) is 1.87. The Balaban J connectivity index is 2.01. The first-order valence-electron chi connectivity index (χ1n) is 5.75. The Morgan fingerprint density at radius 3 is 3.00 bits per heavy atom. The summed E-state index contributed by atoms with van der Waals surface area (Å²) >= 11 is 0. The molecule has 3 rings (SSSR count). The van der Waals surface area contributed by atoms with Crippen molar-refractivity contribution in [2.45, 2.75) is 18.6 Å². The first kappa shape index (κ1) is 11.2. The third-order valence-electron chi connectivity index (χ3n) is 3.12. The number of hydrogen-bond donors (Lipinski definition) is 2. The number of nitrogens with zero attached hydrogens (tertiary/aromatic N) is 3. The minimum atomic E-state index is -0.259. The summed E-state index contributed by atoms with van der Waals surface area (Å²) in [5.41, 5.74) is 0.382. The Labute approximate surface area is 103 Å². The molecule has 2 atom stereocenters. The quantitative estimate of drug-likeness (QED) is 0.761. The number of nitrogens with one attached hydrogen (secondary N) is 2. The van der Waals surface area contributed by atoms with E-state index in [2.05, 4.69) is 25.3 Å². The molecule has 2 unspecified atom stereocenters. The lowest BCUT2D eigenvalue weighted by atomic mass is 10.2. The van der Waals surface area contributed by atoms with Gasteiger partial charge in [-0.25, -0.2) is 15.0 Å². The number of fused-ring (bicyclic) bond motifs is 1. The van der Waals surface area contributed by atoms with Gasteiger partial charge in [-0.05, 0) is 6.42 Å². The van der Waals surface area contributed by atoms with Gasteiger partial charge in [0.05, 0.1) is 12.1 Å². The van der Waals surface area contributed by atoms with Crippen LogP contribution >= 0.6 is 0 Å². The van der Waals surface area contributed by atoms with Crippen LogP contribution in [-0.2, 0) is 4.74 Å². The molecule has 0 amide bonds. The summed E-state index contributed by atoms with van der Waals surface area (Å²) in [7, 11) is 1.68. The van der Waals surface area contributed by atoms with Crippen molar-refractivity contribution in [3.63, 3.8) is 0 Å². The van der Waals surface area contributed by atoms with Gasteiger partial charge in [-0.1, -0.05) is 0 Å². The van der Waals surface area contributed by atoms with Gasteiger partial charge in [0.1, 0.15) is 5.82 Å². The van der Waals surface area contributed by atoms with E-state index in [-0.39, 0.29) is 23.2 Å². The Bertz CT molecular complexity index is 626. The summed E-state index contributed by atoms with van der Waals surface area (Å²) in [5.74, 6) is 0.590. The molecule has 7 nitrogen and oxygen atoms in total. The minimum absolute atomic E-state index is 0.00550. The molecule has 18 heavy (non-hydrogen) atoms. The average Bonchev–Trinajstić information content (AvgIpc) is 2.87. The number of methoxy groups -OCH3 is 1. The second-order valence-corrected chi connectivity index (χ2v) is 4.23. The monoisotopic (exact) mass is 247 g/mol. The van der Waals surface area contributed by atoms with Crippen LogP contribution in [0.4, 0.5) is 0 Å². The zero-order valence-electron chi connectivity index (χ0n) is 9.88. The van der Waals surface area contributed by atoms with Crippen LogP contribution in [0.5, 0.6) is 0 Å². The smallest absolute Gasteiger partial charge is 0.279 e. The fourth-order valence-electron chi connectivity index (χ4n) is 2.15. The Morgan fingerprint density at radius 2 is 2.22 bits per heavy atom. The molecule has 2 N–H and O–H groups in total. The molecule has 1 fully saturated rings. The summed E-state index contributed by atoms with van der Waals surface area (Å²) in [6, 6.07) is -0.00550. The van der Waals surface area contributed by atoms with Gasteiger partial charge in [0.25, 0.3) is 5.56 Å². The molecular formula is C11H13N5O2. The van der Waals surface area contributed by atoms with Crippen molar-refractivity contribution in [3.05, 3.63) is 28.6 Å². The van der Waals surface area contributed by atoms with Gasteiger partial charge in [0.15, 0.2) is 11.2 Å². The Kier molecular flexibility index (Phi) is 2.77. The van der Waals surface area contributed by atoms with Gasteiger partial charge < -0.3 is 15.0 Å². The molecule has 2 aromatic rings. The van der Waals surface area contributed by atoms with Gasteiger partial charge in [0, 0.05) is 26.0 Å². The molecule has 1 saturated heterocycles. The number of H-pyrrole nitrogens is 1. The standard InChI is InChI=1S/C11H13N5O2/c1-18-6-4-7(14-5-6)9-15-10-8(11(17)16-9)12-2-3-13-10/h2-3,6-7,14H,4-5H2,1H3,(H,13,15,16,17). The van der Waals surface area contributed by atoms with Gasteiger partial charge >= 0.3 is 0 Å². The maximum absolute atomic E-state index is 11.9. The van der Waals surface area contributed by atoms with E-state index in [4.69, 9.17) is 4.74 Å². The summed E-state index contributed by atoms with van der Waals surface area (Å²) in [6.45, 7) is 0.753. The van der Waals surface area contributed by atoms with E-state index in [0.29, 0.717) is 11.5 Å². The molecule has 0 radical (unpaired) electrons. The van der Waals surface area contributed by atoms with Crippen molar-refractivity contribution in [1.29, 1.82) is 0 Å². The molecule has 2 aromatic heterocycles. The topological polar surface area (TPSA) is 92.8 Å². The fourth-order valence-corrected chi connectivity index (χ4v) is 2.15. The molecule has 7 heteroatoms. The van der Waals surface area contributed by atoms with E-state index in [1.54, 1.807) is 7.11 Å². The molecule has 0 aliphatic carbocycles. The number of aromatic nitrogens is 4. The van der Waals surface area contributed by atoms with E-state index in [1.165, 1.54) is 12.4 Å². The number of hydrogen-bond acceptors (Lipinski definition) is 6. The molecule has 1 aliphatic heterocycles. The van der Waals surface area contributed by atoms with Crippen molar-refractivity contribution >= 4 is 11.2 Å². The summed E-state index contributed by atoms with van der Waals surface area (Å²) in [6.07, 6.45) is 3.94. The highest BCUT2D eigenvalue weighted by Gasteiger charge is 2.27. The van der Waals surface area contributed by atoms with E-state index in [1.807, 2.05) is 0 Å². The van der Waals surface area contributed by atoms with Gasteiger partial charge in [0.2, 0.25) is 0 Å². The lowest BCUT2D eigenvalue weighted by molar-refractivity contribution is 0.117. The van der Waals surface area contributed by atoms with Crippen molar-refractivity contribution in [2.75, 3.05) is 13.7 Å². The van der Waals surface area contributed by atoms with Crippen molar-refractivity contribution in [2.24, 2.45) is 0 Å². The van der Waals surface area contributed by atoms with Crippen LogP contribution in [0.25, 0.3) is 11.2 Å². The molecule has 0 bridgehead atoms. The van der Waals surface area contributed by atoms with Crippen LogP contribution in [0, 0.1) is 0 Å². The molecule has 1 aliphatic rings. The van der Waals surface area contributed by atoms with Crippen LogP contribution < -0.4 is 10.9 Å². The van der Waals surface area contributed by atoms with Crippen molar-refractivity contribution in [1.82, 2.24) is 25.3 Å². The summed E-state index contributed by atoms with van der Waals surface area (Å²) in [4.78, 5) is 27.0. The molecule has 0 aromatic carbocycles. The maximum atomic E-state index is 11.9. The first-order valence-corrected chi connectivity index (χ1v) is 5.75. The average molecular weight is 247 g/mol. The zero-order chi connectivity index (χ0) is 12.5. The van der Waals surface area contributed by atoms with E-state index in [0.717, 1.165) is 13.0 Å². The lowest BCUT2D eigenvalue weighted by Crippen LogP contribution is -2.21. The second-order valence-electron chi connectivity index (χ2n) is 4.23. The summed E-state index contributed by atoms with van der Waals surface area (Å²) in [5, 5.41) is 3.26. The van der Waals surface area contributed by atoms with E-state index >= 15 is 0 Å². The van der Waals surface area contributed by atoms with Crippen molar-refractivity contribution in [3.8, 4) is 0 Å². The second kappa shape index (κ2) is 4.43. The molecule has 94 valence electrons. The molecule has 3 heterocycles. The first-order chi connectivity index (χ1) is 8.78. The maximum Gasteiger partial charge on any atom is 0.279 e. The largest absolute Gasteiger partial charge is 0.380 e. The van der Waals surface area contributed by atoms with Crippen LogP contribution in [0.3, 0.4) is 0 Å². The fraction of sp³-hybridized carbons (Fsp3) is 0.455. The van der Waals surface area contributed by atoms with Gasteiger partial charge in [-0.2, -0.15) is 0 Å². The number of aromatic amines is 1. The Morgan fingerprint density at radius 1 is 1.39 bits per heavy atom. The highest BCUT2D eigenvalue weighted by Crippen LogP contribution is 2.21. The van der Waals surface area contributed by atoms with E-state index in [9.17, 15) is 4.79 Å². The predicted octanol–water partition coefficient (Wildman–Crippen LogP) is -0.237. The SMILES string of the molecule is COC1CNC(c2nc3nccnc3c(=O)[nH]2)C1. The molecular weight excluding hydrogens is 234 g/mol. The highest BCUT2D eigenvalue weighted by atomic mass is 16.5. The normalized spacial score (nSPS) is 23.6. The predicted molar refractivity (Wildman–Crippen MR) is 64.1 cm³/mol.